The molecule has 2 rings (SSSR count). The molecule has 8 nitrogen and oxygen atoms in total. The van der Waals surface area contributed by atoms with Crippen LogP contribution in [0.4, 0.5) is 5.88 Å². The van der Waals surface area contributed by atoms with Gasteiger partial charge in [-0.15, -0.1) is 0 Å². The van der Waals surface area contributed by atoms with Gasteiger partial charge in [-0.05, 0) is 19.9 Å². The van der Waals surface area contributed by atoms with Crippen molar-refractivity contribution in [1.82, 2.24) is 5.32 Å². The Hall–Kier alpha value is -1.93. The van der Waals surface area contributed by atoms with Gasteiger partial charge in [-0.2, -0.15) is 0 Å². The topological polar surface area (TPSA) is 104 Å². The molecule has 1 amide bonds. The van der Waals surface area contributed by atoms with Crippen molar-refractivity contribution in [3.05, 3.63) is 28.0 Å². The molecule has 2 heterocycles. The van der Waals surface area contributed by atoms with Crippen LogP contribution in [0.15, 0.2) is 16.5 Å². The van der Waals surface area contributed by atoms with Gasteiger partial charge in [0.05, 0.1) is 12.7 Å². The summed E-state index contributed by atoms with van der Waals surface area (Å²) >= 11 is 0. The van der Waals surface area contributed by atoms with Gasteiger partial charge < -0.3 is 19.2 Å². The molecule has 1 atom stereocenters. The van der Waals surface area contributed by atoms with Crippen LogP contribution in [-0.4, -0.2) is 35.9 Å². The standard InChI is InChI=1S/C11H14N2O6/c1-11(2)17-6-7(19-11)5-12-10(14)8-3-4-9(18-8)13(15)16/h3-4,7H,5-6H2,1-2H3,(H,12,14). The van der Waals surface area contributed by atoms with Crippen LogP contribution in [-0.2, 0) is 9.47 Å². The molecule has 1 saturated heterocycles. The molecule has 1 unspecified atom stereocenters. The third-order valence-corrected chi connectivity index (χ3v) is 2.55. The van der Waals surface area contributed by atoms with Crippen molar-refractivity contribution in [3.63, 3.8) is 0 Å². The summed E-state index contributed by atoms with van der Waals surface area (Å²) in [5, 5.41) is 13.0. The van der Waals surface area contributed by atoms with E-state index in [9.17, 15) is 14.9 Å². The molecule has 0 radical (unpaired) electrons. The zero-order chi connectivity index (χ0) is 14.0. The quantitative estimate of drug-likeness (QED) is 0.648. The van der Waals surface area contributed by atoms with Crippen molar-refractivity contribution in [1.29, 1.82) is 0 Å². The number of rotatable bonds is 4. The summed E-state index contributed by atoms with van der Waals surface area (Å²) in [6.07, 6.45) is -0.246. The highest BCUT2D eigenvalue weighted by Gasteiger charge is 2.32. The van der Waals surface area contributed by atoms with Gasteiger partial charge in [0.15, 0.2) is 11.5 Å². The van der Waals surface area contributed by atoms with Crippen LogP contribution in [0.2, 0.25) is 0 Å². The van der Waals surface area contributed by atoms with Crippen molar-refractivity contribution in [2.24, 2.45) is 0 Å². The smallest absolute Gasteiger partial charge is 0.395 e. The lowest BCUT2D eigenvalue weighted by Crippen LogP contribution is -2.34. The van der Waals surface area contributed by atoms with Gasteiger partial charge in [0.25, 0.3) is 5.91 Å². The van der Waals surface area contributed by atoms with Crippen LogP contribution in [0, 0.1) is 10.1 Å². The summed E-state index contributed by atoms with van der Waals surface area (Å²) in [6.45, 7) is 4.19. The first-order valence-electron chi connectivity index (χ1n) is 5.71. The van der Waals surface area contributed by atoms with Crippen molar-refractivity contribution in [3.8, 4) is 0 Å². The fraction of sp³-hybridized carbons (Fsp3) is 0.545. The van der Waals surface area contributed by atoms with Crippen molar-refractivity contribution in [2.45, 2.75) is 25.7 Å². The van der Waals surface area contributed by atoms with Crippen LogP contribution in [0.3, 0.4) is 0 Å². The molecule has 19 heavy (non-hydrogen) atoms. The minimum absolute atomic E-state index is 0.107. The van der Waals surface area contributed by atoms with Gasteiger partial charge in [0, 0.05) is 6.54 Å². The first kappa shape index (κ1) is 13.5. The van der Waals surface area contributed by atoms with E-state index in [1.165, 1.54) is 6.07 Å². The zero-order valence-corrected chi connectivity index (χ0v) is 10.5. The Morgan fingerprint density at radius 1 is 1.58 bits per heavy atom. The Kier molecular flexibility index (Phi) is 3.54. The molecule has 0 saturated carbocycles. The Balaban J connectivity index is 1.86. The minimum atomic E-state index is -0.701. The SMILES string of the molecule is CC1(C)OCC(CNC(=O)c2ccc([N+](=O)[O-])o2)O1. The second-order valence-electron chi connectivity index (χ2n) is 4.56. The third kappa shape index (κ3) is 3.30. The molecule has 1 aliphatic heterocycles. The van der Waals surface area contributed by atoms with E-state index in [1.807, 2.05) is 0 Å². The van der Waals surface area contributed by atoms with Crippen LogP contribution in [0.5, 0.6) is 0 Å². The van der Waals surface area contributed by atoms with E-state index < -0.39 is 22.5 Å². The number of furan rings is 1. The van der Waals surface area contributed by atoms with E-state index in [2.05, 4.69) is 5.32 Å². The lowest BCUT2D eigenvalue weighted by atomic mass is 10.3. The average molecular weight is 270 g/mol. The van der Waals surface area contributed by atoms with E-state index in [4.69, 9.17) is 13.9 Å². The summed E-state index contributed by atoms with van der Waals surface area (Å²) in [5.74, 6) is -1.75. The normalized spacial score (nSPS) is 21.3. The Morgan fingerprint density at radius 3 is 2.84 bits per heavy atom. The molecule has 0 aromatic carbocycles. The summed E-state index contributed by atoms with van der Waals surface area (Å²) in [7, 11) is 0. The predicted octanol–water partition coefficient (Wildman–Crippen LogP) is 1.07. The van der Waals surface area contributed by atoms with E-state index in [0.717, 1.165) is 6.07 Å². The third-order valence-electron chi connectivity index (χ3n) is 2.55. The number of nitrogens with one attached hydrogen (secondary N) is 1. The Labute approximate surface area is 108 Å². The molecule has 8 heteroatoms. The zero-order valence-electron chi connectivity index (χ0n) is 10.5. The second-order valence-corrected chi connectivity index (χ2v) is 4.56. The van der Waals surface area contributed by atoms with E-state index in [0.29, 0.717) is 6.61 Å². The molecular weight excluding hydrogens is 256 g/mol. The number of carbonyl (C=O) groups is 1. The second kappa shape index (κ2) is 4.98. The van der Waals surface area contributed by atoms with Gasteiger partial charge in [-0.3, -0.25) is 14.9 Å². The van der Waals surface area contributed by atoms with Gasteiger partial charge >= 0.3 is 5.88 Å². The van der Waals surface area contributed by atoms with Crippen LogP contribution >= 0.6 is 0 Å². The highest BCUT2D eigenvalue weighted by atomic mass is 16.7. The molecule has 1 N–H and O–H groups in total. The van der Waals surface area contributed by atoms with E-state index >= 15 is 0 Å². The van der Waals surface area contributed by atoms with Gasteiger partial charge in [0.2, 0.25) is 0 Å². The Morgan fingerprint density at radius 2 is 2.32 bits per heavy atom. The van der Waals surface area contributed by atoms with Gasteiger partial charge in [-0.1, -0.05) is 0 Å². The number of amides is 1. The van der Waals surface area contributed by atoms with Gasteiger partial charge in [-0.25, -0.2) is 0 Å². The first-order valence-corrected chi connectivity index (χ1v) is 5.71. The van der Waals surface area contributed by atoms with Crippen molar-refractivity contribution >= 4 is 11.8 Å². The molecule has 0 aliphatic carbocycles. The molecule has 1 aliphatic rings. The van der Waals surface area contributed by atoms with E-state index in [1.54, 1.807) is 13.8 Å². The van der Waals surface area contributed by atoms with Crippen molar-refractivity contribution < 1.29 is 23.6 Å². The number of ether oxygens (including phenoxy) is 2. The Bertz CT molecular complexity index is 495. The van der Waals surface area contributed by atoms with E-state index in [-0.39, 0.29) is 18.4 Å². The molecular formula is C11H14N2O6. The monoisotopic (exact) mass is 270 g/mol. The molecule has 0 bridgehead atoms. The fourth-order valence-electron chi connectivity index (χ4n) is 1.71. The number of hydrogen-bond acceptors (Lipinski definition) is 6. The molecule has 1 aromatic rings. The first-order chi connectivity index (χ1) is 8.87. The number of hydrogen-bond donors (Lipinski definition) is 1. The van der Waals surface area contributed by atoms with Crippen LogP contribution < -0.4 is 5.32 Å². The highest BCUT2D eigenvalue weighted by molar-refractivity contribution is 5.91. The molecule has 0 spiro atoms. The maximum Gasteiger partial charge on any atom is 0.433 e. The number of nitrogens with zero attached hydrogens (tertiary/aromatic N) is 1. The summed E-state index contributed by atoms with van der Waals surface area (Å²) < 4.78 is 15.6. The summed E-state index contributed by atoms with van der Waals surface area (Å²) in [6, 6.07) is 2.39. The average Bonchev–Trinajstić information content (AvgIpc) is 2.92. The lowest BCUT2D eigenvalue weighted by Gasteiger charge is -2.17. The number of carbonyl (C=O) groups excluding carboxylic acids is 1. The van der Waals surface area contributed by atoms with Gasteiger partial charge in [0.1, 0.15) is 11.0 Å². The maximum absolute atomic E-state index is 11.7. The predicted molar refractivity (Wildman–Crippen MR) is 62.6 cm³/mol. The number of nitro groups is 1. The maximum atomic E-state index is 11.7. The lowest BCUT2D eigenvalue weighted by molar-refractivity contribution is -0.402. The summed E-state index contributed by atoms with van der Waals surface area (Å²) in [5.41, 5.74) is 0. The summed E-state index contributed by atoms with van der Waals surface area (Å²) in [4.78, 5) is 21.4. The fourth-order valence-corrected chi connectivity index (χ4v) is 1.71. The van der Waals surface area contributed by atoms with Crippen LogP contribution in [0.25, 0.3) is 0 Å². The molecule has 104 valence electrons. The van der Waals surface area contributed by atoms with Crippen LogP contribution in [0.1, 0.15) is 24.4 Å². The largest absolute Gasteiger partial charge is 0.433 e. The molecule has 1 aromatic heterocycles. The molecule has 1 fully saturated rings. The highest BCUT2D eigenvalue weighted by Crippen LogP contribution is 2.22. The van der Waals surface area contributed by atoms with Crippen molar-refractivity contribution in [2.75, 3.05) is 13.2 Å². The minimum Gasteiger partial charge on any atom is -0.395 e.